The normalized spacial score (nSPS) is 48.0. The van der Waals surface area contributed by atoms with Crippen LogP contribution in [0.5, 0.6) is 0 Å². The lowest BCUT2D eigenvalue weighted by Gasteiger charge is -2.57. The molecule has 2 aliphatic heterocycles. The van der Waals surface area contributed by atoms with E-state index in [4.69, 9.17) is 14.2 Å². The molecule has 2 heterocycles. The summed E-state index contributed by atoms with van der Waals surface area (Å²) in [5, 5.41) is 25.8. The van der Waals surface area contributed by atoms with Crippen LogP contribution >= 0.6 is 0 Å². The van der Waals surface area contributed by atoms with Crippen LogP contribution in [0.2, 0.25) is 0 Å². The molecule has 3 rings (SSSR count). The Morgan fingerprint density at radius 2 is 1.81 bits per heavy atom. The van der Waals surface area contributed by atoms with E-state index in [0.29, 0.717) is 18.9 Å². The van der Waals surface area contributed by atoms with Gasteiger partial charge in [-0.25, -0.2) is 0 Å². The molecule has 1 aliphatic carbocycles. The minimum Gasteiger partial charge on any atom is -0.384 e. The summed E-state index contributed by atoms with van der Waals surface area (Å²) in [6.07, 6.45) is 1.96. The highest BCUT2D eigenvalue weighted by Gasteiger charge is 2.63. The largest absolute Gasteiger partial charge is 0.384 e. The summed E-state index contributed by atoms with van der Waals surface area (Å²) in [7, 11) is 0. The fraction of sp³-hybridized carbons (Fsp3) is 1.00. The number of hydrogen-bond acceptors (Lipinski definition) is 6. The molecule has 0 bridgehead atoms. The van der Waals surface area contributed by atoms with E-state index in [0.717, 1.165) is 25.8 Å². The monoisotopic (exact) mass is 385 g/mol. The zero-order valence-corrected chi connectivity index (χ0v) is 17.8. The second kappa shape index (κ2) is 7.54. The molecule has 3 N–H and O–H groups in total. The number of nitrogens with one attached hydrogen (secondary N) is 1. The highest BCUT2D eigenvalue weighted by molar-refractivity contribution is 5.07. The SMILES string of the molecule is CC1CCC2C(C)C(OCCNC(C)(C)C)OC3OC(C)(O)CCC1C32O. The van der Waals surface area contributed by atoms with Crippen molar-refractivity contribution in [2.75, 3.05) is 13.2 Å². The molecule has 8 atom stereocenters. The van der Waals surface area contributed by atoms with Crippen LogP contribution in [-0.4, -0.2) is 52.9 Å². The van der Waals surface area contributed by atoms with Gasteiger partial charge in [-0.2, -0.15) is 0 Å². The van der Waals surface area contributed by atoms with Crippen LogP contribution < -0.4 is 5.32 Å². The number of aliphatic hydroxyl groups is 2. The van der Waals surface area contributed by atoms with E-state index in [2.05, 4.69) is 39.9 Å². The molecule has 0 aromatic heterocycles. The van der Waals surface area contributed by atoms with Crippen LogP contribution in [0.15, 0.2) is 0 Å². The molecule has 3 aliphatic rings. The predicted molar refractivity (Wildman–Crippen MR) is 103 cm³/mol. The lowest BCUT2D eigenvalue weighted by molar-refractivity contribution is -0.408. The standard InChI is InChI=1S/C21H39NO5/c1-13-7-8-16-14(2)17(25-12-11-22-19(3,4)5)26-18-21(16,24)15(13)9-10-20(6,23)27-18/h13-18,22-24H,7-12H2,1-6H3. The molecule has 6 nitrogen and oxygen atoms in total. The number of hydrogen-bond donors (Lipinski definition) is 3. The van der Waals surface area contributed by atoms with Crippen molar-refractivity contribution in [2.45, 2.75) is 96.7 Å². The molecule has 0 radical (unpaired) electrons. The molecule has 2 saturated heterocycles. The summed E-state index contributed by atoms with van der Waals surface area (Å²) in [5.74, 6) is -0.716. The molecule has 8 unspecified atom stereocenters. The first-order valence-corrected chi connectivity index (χ1v) is 10.6. The van der Waals surface area contributed by atoms with E-state index in [1.807, 2.05) is 0 Å². The lowest BCUT2D eigenvalue weighted by Crippen LogP contribution is -2.67. The average Bonchev–Trinajstić information content (AvgIpc) is 2.63. The van der Waals surface area contributed by atoms with Crippen molar-refractivity contribution in [3.05, 3.63) is 0 Å². The van der Waals surface area contributed by atoms with Crippen molar-refractivity contribution in [2.24, 2.45) is 23.7 Å². The van der Waals surface area contributed by atoms with E-state index in [-0.39, 0.29) is 23.3 Å². The van der Waals surface area contributed by atoms with Gasteiger partial charge in [-0.1, -0.05) is 13.8 Å². The second-order valence-corrected chi connectivity index (χ2v) is 10.2. The smallest absolute Gasteiger partial charge is 0.193 e. The van der Waals surface area contributed by atoms with Crippen molar-refractivity contribution in [3.63, 3.8) is 0 Å². The minimum atomic E-state index is -1.29. The molecular formula is C21H39NO5. The van der Waals surface area contributed by atoms with E-state index >= 15 is 0 Å². The summed E-state index contributed by atoms with van der Waals surface area (Å²) >= 11 is 0. The van der Waals surface area contributed by atoms with E-state index in [9.17, 15) is 10.2 Å². The maximum atomic E-state index is 11.8. The van der Waals surface area contributed by atoms with Crippen molar-refractivity contribution in [1.29, 1.82) is 0 Å². The molecule has 0 spiro atoms. The van der Waals surface area contributed by atoms with Gasteiger partial charge in [0, 0.05) is 30.3 Å². The third-order valence-corrected chi connectivity index (χ3v) is 6.83. The third-order valence-electron chi connectivity index (χ3n) is 6.83. The molecule has 158 valence electrons. The Balaban J connectivity index is 1.75. The van der Waals surface area contributed by atoms with Gasteiger partial charge >= 0.3 is 0 Å². The molecule has 0 aromatic carbocycles. The molecular weight excluding hydrogens is 346 g/mol. The molecule has 27 heavy (non-hydrogen) atoms. The number of ether oxygens (including phenoxy) is 3. The van der Waals surface area contributed by atoms with Gasteiger partial charge in [0.2, 0.25) is 0 Å². The van der Waals surface area contributed by atoms with Gasteiger partial charge in [0.05, 0.1) is 6.61 Å². The van der Waals surface area contributed by atoms with Gasteiger partial charge in [0.1, 0.15) is 5.60 Å². The summed E-state index contributed by atoms with van der Waals surface area (Å²) in [4.78, 5) is 0. The lowest BCUT2D eigenvalue weighted by atomic mass is 9.58. The fourth-order valence-electron chi connectivity index (χ4n) is 5.33. The van der Waals surface area contributed by atoms with Crippen LogP contribution in [0.1, 0.15) is 67.2 Å². The first-order chi connectivity index (χ1) is 12.4. The van der Waals surface area contributed by atoms with Gasteiger partial charge in [0.25, 0.3) is 0 Å². The van der Waals surface area contributed by atoms with E-state index in [1.165, 1.54) is 0 Å². The zero-order valence-electron chi connectivity index (χ0n) is 17.8. The Labute approximate surface area is 163 Å². The van der Waals surface area contributed by atoms with Gasteiger partial charge in [-0.3, -0.25) is 0 Å². The molecule has 3 fully saturated rings. The van der Waals surface area contributed by atoms with Crippen LogP contribution in [0.3, 0.4) is 0 Å². The summed E-state index contributed by atoms with van der Waals surface area (Å²) in [5.41, 5.74) is -1.03. The van der Waals surface area contributed by atoms with Crippen molar-refractivity contribution in [1.82, 2.24) is 5.32 Å². The maximum Gasteiger partial charge on any atom is 0.193 e. The third kappa shape index (κ3) is 4.36. The topological polar surface area (TPSA) is 80.2 Å². The molecule has 0 aromatic rings. The predicted octanol–water partition coefficient (Wildman–Crippen LogP) is 2.62. The zero-order chi connectivity index (χ0) is 20.0. The number of rotatable bonds is 4. The van der Waals surface area contributed by atoms with Gasteiger partial charge in [-0.15, -0.1) is 0 Å². The van der Waals surface area contributed by atoms with Gasteiger partial charge in [0.15, 0.2) is 18.4 Å². The summed E-state index contributed by atoms with van der Waals surface area (Å²) in [6, 6.07) is 0. The Morgan fingerprint density at radius 1 is 1.11 bits per heavy atom. The maximum absolute atomic E-state index is 11.8. The molecule has 0 amide bonds. The summed E-state index contributed by atoms with van der Waals surface area (Å²) < 4.78 is 18.1. The van der Waals surface area contributed by atoms with Crippen molar-refractivity contribution < 1.29 is 24.4 Å². The quantitative estimate of drug-likeness (QED) is 0.646. The highest BCUT2D eigenvalue weighted by Crippen LogP contribution is 2.55. The first kappa shape index (κ1) is 21.5. The Morgan fingerprint density at radius 3 is 2.48 bits per heavy atom. The van der Waals surface area contributed by atoms with Crippen LogP contribution in [0.4, 0.5) is 0 Å². The van der Waals surface area contributed by atoms with Crippen molar-refractivity contribution >= 4 is 0 Å². The second-order valence-electron chi connectivity index (χ2n) is 10.2. The molecule has 6 heteroatoms. The van der Waals surface area contributed by atoms with Gasteiger partial charge < -0.3 is 29.7 Å². The first-order valence-electron chi connectivity index (χ1n) is 10.6. The van der Waals surface area contributed by atoms with Crippen molar-refractivity contribution in [3.8, 4) is 0 Å². The fourth-order valence-corrected chi connectivity index (χ4v) is 5.33. The average molecular weight is 386 g/mol. The van der Waals surface area contributed by atoms with Gasteiger partial charge in [-0.05, 0) is 58.8 Å². The molecule has 1 saturated carbocycles. The Bertz CT molecular complexity index is 519. The highest BCUT2D eigenvalue weighted by atomic mass is 16.8. The summed E-state index contributed by atoms with van der Waals surface area (Å²) in [6.45, 7) is 13.6. The Hall–Kier alpha value is -0.240. The Kier molecular flexibility index (Phi) is 6.00. The van der Waals surface area contributed by atoms with Crippen LogP contribution in [0.25, 0.3) is 0 Å². The minimum absolute atomic E-state index is 0.0402. The van der Waals surface area contributed by atoms with E-state index < -0.39 is 24.0 Å². The van der Waals surface area contributed by atoms with Crippen LogP contribution in [0, 0.1) is 23.7 Å². The van der Waals surface area contributed by atoms with Crippen LogP contribution in [-0.2, 0) is 14.2 Å². The van der Waals surface area contributed by atoms with E-state index in [1.54, 1.807) is 6.92 Å².